The first-order chi connectivity index (χ1) is 9.04. The predicted molar refractivity (Wildman–Crippen MR) is 70.2 cm³/mol. The molecule has 0 spiro atoms. The lowest BCUT2D eigenvalue weighted by Crippen LogP contribution is -2.17. The molecule has 0 bridgehead atoms. The minimum absolute atomic E-state index is 0.167. The second kappa shape index (κ2) is 4.08. The summed E-state index contributed by atoms with van der Waals surface area (Å²) in [5.41, 5.74) is 3.94. The summed E-state index contributed by atoms with van der Waals surface area (Å²) in [6.45, 7) is 6.01. The second-order valence-electron chi connectivity index (χ2n) is 4.69. The molecule has 6 nitrogen and oxygen atoms in total. The first-order valence-corrected chi connectivity index (χ1v) is 6.03. The molecule has 3 rings (SSSR count). The van der Waals surface area contributed by atoms with Gasteiger partial charge < -0.3 is 9.51 Å². The van der Waals surface area contributed by atoms with Crippen LogP contribution in [0.5, 0.6) is 0 Å². The normalized spacial score (nSPS) is 11.3. The van der Waals surface area contributed by atoms with Crippen molar-refractivity contribution < 1.29 is 4.52 Å². The molecular weight excluding hydrogens is 244 g/mol. The van der Waals surface area contributed by atoms with Crippen molar-refractivity contribution in [3.05, 3.63) is 45.5 Å². The van der Waals surface area contributed by atoms with E-state index in [4.69, 9.17) is 4.52 Å². The second-order valence-corrected chi connectivity index (χ2v) is 4.69. The standard InChI is InChI=1S/C13H14N4O2/c1-7-5-11-12(9(3)14-7)15-13(18)17(11)6-10-4-8(2)16-19-10/h4-5H,6H2,1-3H3,(H,15,18). The molecular formula is C13H14N4O2. The zero-order valence-electron chi connectivity index (χ0n) is 11.0. The van der Waals surface area contributed by atoms with Gasteiger partial charge in [0.2, 0.25) is 0 Å². The molecule has 0 radical (unpaired) electrons. The molecule has 3 aromatic heterocycles. The van der Waals surface area contributed by atoms with Gasteiger partial charge in [0.1, 0.15) is 0 Å². The Hall–Kier alpha value is -2.37. The number of pyridine rings is 1. The fourth-order valence-electron chi connectivity index (χ4n) is 2.26. The molecule has 0 amide bonds. The number of aryl methyl sites for hydroxylation is 3. The van der Waals surface area contributed by atoms with Crippen molar-refractivity contribution in [3.8, 4) is 0 Å². The van der Waals surface area contributed by atoms with Crippen LogP contribution in [-0.2, 0) is 6.54 Å². The smallest absolute Gasteiger partial charge is 0.326 e. The number of aromatic nitrogens is 4. The van der Waals surface area contributed by atoms with Crippen molar-refractivity contribution in [2.45, 2.75) is 27.3 Å². The predicted octanol–water partition coefficient (Wildman–Crippen LogP) is 1.69. The largest absolute Gasteiger partial charge is 0.359 e. The number of fused-ring (bicyclic) bond motifs is 1. The summed E-state index contributed by atoms with van der Waals surface area (Å²) in [6, 6.07) is 3.72. The Bertz CT molecular complexity index is 810. The van der Waals surface area contributed by atoms with E-state index in [1.54, 1.807) is 4.57 Å². The van der Waals surface area contributed by atoms with E-state index < -0.39 is 0 Å². The van der Waals surface area contributed by atoms with Crippen LogP contribution in [0.25, 0.3) is 11.0 Å². The minimum Gasteiger partial charge on any atom is -0.359 e. The van der Waals surface area contributed by atoms with Gasteiger partial charge in [0.15, 0.2) is 5.76 Å². The highest BCUT2D eigenvalue weighted by atomic mass is 16.5. The molecule has 3 heterocycles. The Morgan fingerprint density at radius 3 is 2.74 bits per heavy atom. The third-order valence-corrected chi connectivity index (χ3v) is 3.07. The van der Waals surface area contributed by atoms with E-state index in [1.165, 1.54) is 0 Å². The van der Waals surface area contributed by atoms with E-state index in [2.05, 4.69) is 15.1 Å². The number of hydrogen-bond acceptors (Lipinski definition) is 4. The number of rotatable bonds is 2. The molecule has 98 valence electrons. The highest BCUT2D eigenvalue weighted by Crippen LogP contribution is 2.16. The van der Waals surface area contributed by atoms with Crippen LogP contribution in [0.1, 0.15) is 22.8 Å². The number of nitrogens with one attached hydrogen (secondary N) is 1. The maximum absolute atomic E-state index is 12.0. The average Bonchev–Trinajstić information content (AvgIpc) is 2.87. The van der Waals surface area contributed by atoms with Crippen LogP contribution in [0.4, 0.5) is 0 Å². The molecule has 0 saturated carbocycles. The zero-order valence-corrected chi connectivity index (χ0v) is 11.0. The highest BCUT2D eigenvalue weighted by Gasteiger charge is 2.12. The maximum atomic E-state index is 12.0. The van der Waals surface area contributed by atoms with Crippen LogP contribution in [-0.4, -0.2) is 19.7 Å². The summed E-state index contributed by atoms with van der Waals surface area (Å²) in [7, 11) is 0. The Kier molecular flexibility index (Phi) is 2.51. The third kappa shape index (κ3) is 1.95. The number of hydrogen-bond donors (Lipinski definition) is 1. The van der Waals surface area contributed by atoms with Gasteiger partial charge in [0.25, 0.3) is 0 Å². The summed E-state index contributed by atoms with van der Waals surface area (Å²) in [4.78, 5) is 19.2. The van der Waals surface area contributed by atoms with Gasteiger partial charge in [-0.1, -0.05) is 5.16 Å². The SMILES string of the molecule is Cc1cc(Cn2c(=O)[nH]c3c(C)nc(C)cc32)on1. The molecule has 0 unspecified atom stereocenters. The quantitative estimate of drug-likeness (QED) is 0.758. The fraction of sp³-hybridized carbons (Fsp3) is 0.308. The molecule has 0 aliphatic carbocycles. The van der Waals surface area contributed by atoms with Crippen molar-refractivity contribution in [1.29, 1.82) is 0 Å². The van der Waals surface area contributed by atoms with Gasteiger partial charge in [-0.15, -0.1) is 0 Å². The summed E-state index contributed by atoms with van der Waals surface area (Å²) < 4.78 is 6.80. The summed E-state index contributed by atoms with van der Waals surface area (Å²) in [5.74, 6) is 0.660. The van der Waals surface area contributed by atoms with Gasteiger partial charge in [-0.3, -0.25) is 9.55 Å². The fourth-order valence-corrected chi connectivity index (χ4v) is 2.26. The van der Waals surface area contributed by atoms with Crippen LogP contribution in [0.3, 0.4) is 0 Å². The Balaban J connectivity index is 2.18. The highest BCUT2D eigenvalue weighted by molar-refractivity contribution is 5.77. The number of imidazole rings is 1. The first-order valence-electron chi connectivity index (χ1n) is 6.03. The molecule has 0 aliphatic rings. The van der Waals surface area contributed by atoms with Crippen LogP contribution >= 0.6 is 0 Å². The lowest BCUT2D eigenvalue weighted by molar-refractivity contribution is 0.373. The van der Waals surface area contributed by atoms with E-state index in [9.17, 15) is 4.79 Å². The van der Waals surface area contributed by atoms with Gasteiger partial charge >= 0.3 is 5.69 Å². The van der Waals surface area contributed by atoms with Crippen LogP contribution in [0.2, 0.25) is 0 Å². The van der Waals surface area contributed by atoms with Gasteiger partial charge in [0, 0.05) is 11.8 Å². The first kappa shape index (κ1) is 11.7. The van der Waals surface area contributed by atoms with Crippen molar-refractivity contribution in [1.82, 2.24) is 19.7 Å². The Morgan fingerprint density at radius 1 is 1.26 bits per heavy atom. The van der Waals surface area contributed by atoms with Crippen molar-refractivity contribution in [3.63, 3.8) is 0 Å². The Morgan fingerprint density at radius 2 is 2.05 bits per heavy atom. The molecule has 0 aromatic carbocycles. The molecule has 3 aromatic rings. The summed E-state index contributed by atoms with van der Waals surface area (Å²) in [6.07, 6.45) is 0. The van der Waals surface area contributed by atoms with Crippen molar-refractivity contribution >= 4 is 11.0 Å². The molecule has 6 heteroatoms. The van der Waals surface area contributed by atoms with E-state index >= 15 is 0 Å². The lowest BCUT2D eigenvalue weighted by Gasteiger charge is -2.02. The van der Waals surface area contributed by atoms with Crippen molar-refractivity contribution in [2.75, 3.05) is 0 Å². The molecule has 0 fully saturated rings. The molecule has 0 saturated heterocycles. The Labute approximate surface area is 109 Å². The average molecular weight is 258 g/mol. The monoisotopic (exact) mass is 258 g/mol. The van der Waals surface area contributed by atoms with E-state index in [0.717, 1.165) is 28.1 Å². The molecule has 1 N–H and O–H groups in total. The lowest BCUT2D eigenvalue weighted by atomic mass is 10.2. The molecule has 0 aliphatic heterocycles. The number of aromatic amines is 1. The molecule has 19 heavy (non-hydrogen) atoms. The van der Waals surface area contributed by atoms with Gasteiger partial charge in [0.05, 0.1) is 29.0 Å². The van der Waals surface area contributed by atoms with Gasteiger partial charge in [-0.25, -0.2) is 4.79 Å². The van der Waals surface area contributed by atoms with E-state index in [1.807, 2.05) is 32.9 Å². The summed E-state index contributed by atoms with van der Waals surface area (Å²) in [5, 5.41) is 3.83. The number of nitrogens with zero attached hydrogens (tertiary/aromatic N) is 3. The third-order valence-electron chi connectivity index (χ3n) is 3.07. The van der Waals surface area contributed by atoms with Crippen molar-refractivity contribution in [2.24, 2.45) is 0 Å². The zero-order chi connectivity index (χ0) is 13.6. The van der Waals surface area contributed by atoms with E-state index in [-0.39, 0.29) is 5.69 Å². The van der Waals surface area contributed by atoms with Crippen LogP contribution in [0.15, 0.2) is 21.5 Å². The summed E-state index contributed by atoms with van der Waals surface area (Å²) >= 11 is 0. The maximum Gasteiger partial charge on any atom is 0.326 e. The van der Waals surface area contributed by atoms with Gasteiger partial charge in [-0.05, 0) is 26.8 Å². The number of H-pyrrole nitrogens is 1. The van der Waals surface area contributed by atoms with Crippen LogP contribution < -0.4 is 5.69 Å². The topological polar surface area (TPSA) is 76.7 Å². The van der Waals surface area contributed by atoms with Gasteiger partial charge in [-0.2, -0.15) is 0 Å². The van der Waals surface area contributed by atoms with Crippen LogP contribution in [0, 0.1) is 20.8 Å². The minimum atomic E-state index is -0.167. The molecule has 0 atom stereocenters. The van der Waals surface area contributed by atoms with E-state index in [0.29, 0.717) is 12.3 Å².